The lowest BCUT2D eigenvalue weighted by Gasteiger charge is -2.13. The smallest absolute Gasteiger partial charge is 0.338 e. The van der Waals surface area contributed by atoms with E-state index in [1.54, 1.807) is 0 Å². The number of aromatic carboxylic acids is 1. The molecule has 5 nitrogen and oxygen atoms in total. The van der Waals surface area contributed by atoms with Crippen molar-refractivity contribution in [2.24, 2.45) is 0 Å². The number of rotatable bonds is 5. The Bertz CT molecular complexity index is 559. The molecule has 1 aliphatic heterocycles. The van der Waals surface area contributed by atoms with Crippen LogP contribution in [0.5, 0.6) is 0 Å². The predicted molar refractivity (Wildman–Crippen MR) is 70.0 cm³/mol. The fraction of sp³-hybridized carbons (Fsp3) is 0.308. The first-order chi connectivity index (χ1) is 9.49. The molecule has 0 saturated carbocycles. The molecule has 0 aromatic heterocycles. The Morgan fingerprint density at radius 1 is 1.30 bits per heavy atom. The maximum atomic E-state index is 13.2. The number of imide groups is 1. The molecule has 0 aliphatic carbocycles. The van der Waals surface area contributed by atoms with Gasteiger partial charge in [-0.3, -0.25) is 14.5 Å². The third-order valence-electron chi connectivity index (χ3n) is 2.91. The van der Waals surface area contributed by atoms with Crippen molar-refractivity contribution < 1.29 is 23.9 Å². The molecule has 1 heterocycles. The highest BCUT2D eigenvalue weighted by atomic mass is 32.2. The highest BCUT2D eigenvalue weighted by molar-refractivity contribution is 7.99. The van der Waals surface area contributed by atoms with Crippen LogP contribution in [-0.2, 0) is 9.59 Å². The number of hydrogen-bond acceptors (Lipinski definition) is 4. The highest BCUT2D eigenvalue weighted by Crippen LogP contribution is 2.22. The van der Waals surface area contributed by atoms with Gasteiger partial charge in [-0.25, -0.2) is 9.18 Å². The van der Waals surface area contributed by atoms with Gasteiger partial charge in [0.1, 0.15) is 5.82 Å². The second-order valence-corrected chi connectivity index (χ2v) is 5.40. The van der Waals surface area contributed by atoms with E-state index in [0.717, 1.165) is 6.07 Å². The number of nitrogens with zero attached hydrogens (tertiary/aromatic N) is 1. The Morgan fingerprint density at radius 3 is 2.55 bits per heavy atom. The SMILES string of the molecule is O=C(O)c1cc(SCCN2C(=O)CCC2=O)ccc1F. The van der Waals surface area contributed by atoms with Crippen molar-refractivity contribution in [1.82, 2.24) is 4.90 Å². The fourth-order valence-corrected chi connectivity index (χ4v) is 2.76. The molecule has 20 heavy (non-hydrogen) atoms. The van der Waals surface area contributed by atoms with Crippen LogP contribution < -0.4 is 0 Å². The van der Waals surface area contributed by atoms with Crippen LogP contribution in [0.4, 0.5) is 4.39 Å². The van der Waals surface area contributed by atoms with Gasteiger partial charge < -0.3 is 5.11 Å². The fourth-order valence-electron chi connectivity index (χ4n) is 1.89. The molecular formula is C13H12FNO4S. The van der Waals surface area contributed by atoms with E-state index in [1.165, 1.54) is 28.8 Å². The minimum Gasteiger partial charge on any atom is -0.478 e. The van der Waals surface area contributed by atoms with Gasteiger partial charge >= 0.3 is 5.97 Å². The molecule has 1 N–H and O–H groups in total. The van der Waals surface area contributed by atoms with E-state index in [1.807, 2.05) is 0 Å². The number of amides is 2. The lowest BCUT2D eigenvalue weighted by Crippen LogP contribution is -2.31. The van der Waals surface area contributed by atoms with Crippen molar-refractivity contribution in [3.05, 3.63) is 29.6 Å². The zero-order valence-corrected chi connectivity index (χ0v) is 11.3. The summed E-state index contributed by atoms with van der Waals surface area (Å²) >= 11 is 1.28. The third kappa shape index (κ3) is 3.16. The summed E-state index contributed by atoms with van der Waals surface area (Å²) in [4.78, 5) is 35.4. The van der Waals surface area contributed by atoms with Gasteiger partial charge in [-0.15, -0.1) is 11.8 Å². The van der Waals surface area contributed by atoms with Crippen molar-refractivity contribution in [3.8, 4) is 0 Å². The Kier molecular flexibility index (Phi) is 4.39. The summed E-state index contributed by atoms with van der Waals surface area (Å²) < 4.78 is 13.2. The van der Waals surface area contributed by atoms with Crippen molar-refractivity contribution in [2.75, 3.05) is 12.3 Å². The monoisotopic (exact) mass is 297 g/mol. The number of hydrogen-bond donors (Lipinski definition) is 1. The molecule has 7 heteroatoms. The van der Waals surface area contributed by atoms with E-state index in [0.29, 0.717) is 10.6 Å². The number of halogens is 1. The van der Waals surface area contributed by atoms with Gasteiger partial charge in [-0.2, -0.15) is 0 Å². The Balaban J connectivity index is 1.94. The first kappa shape index (κ1) is 14.5. The van der Waals surface area contributed by atoms with Crippen LogP contribution in [0.15, 0.2) is 23.1 Å². The average molecular weight is 297 g/mol. The van der Waals surface area contributed by atoms with Crippen molar-refractivity contribution in [1.29, 1.82) is 0 Å². The Hall–Kier alpha value is -1.89. The summed E-state index contributed by atoms with van der Waals surface area (Å²) in [6.07, 6.45) is 0.506. The molecule has 0 bridgehead atoms. The molecule has 1 aromatic carbocycles. The van der Waals surface area contributed by atoms with Crippen LogP contribution in [0.1, 0.15) is 23.2 Å². The molecule has 1 aromatic rings. The van der Waals surface area contributed by atoms with Gasteiger partial charge in [0.15, 0.2) is 0 Å². The minimum absolute atomic E-state index is 0.180. The van der Waals surface area contributed by atoms with Gasteiger partial charge in [-0.05, 0) is 18.2 Å². The summed E-state index contributed by atoms with van der Waals surface area (Å²) in [5, 5.41) is 8.81. The molecule has 1 aliphatic rings. The molecule has 106 valence electrons. The van der Waals surface area contributed by atoms with Crippen molar-refractivity contribution >= 4 is 29.5 Å². The first-order valence-electron chi connectivity index (χ1n) is 5.98. The standard InChI is InChI=1S/C13H12FNO4S/c14-10-2-1-8(7-9(10)13(18)19)20-6-5-15-11(16)3-4-12(15)17/h1-2,7H,3-6H2,(H,18,19). The second-order valence-electron chi connectivity index (χ2n) is 4.23. The van der Waals surface area contributed by atoms with Gasteiger partial charge in [0.05, 0.1) is 5.56 Å². The predicted octanol–water partition coefficient (Wildman–Crippen LogP) is 1.77. The number of carbonyl (C=O) groups excluding carboxylic acids is 2. The topological polar surface area (TPSA) is 74.7 Å². The lowest BCUT2D eigenvalue weighted by atomic mass is 10.2. The van der Waals surface area contributed by atoms with E-state index in [9.17, 15) is 18.8 Å². The quantitative estimate of drug-likeness (QED) is 0.662. The van der Waals surface area contributed by atoms with Gasteiger partial charge in [0.2, 0.25) is 11.8 Å². The van der Waals surface area contributed by atoms with Gasteiger partial charge in [0, 0.05) is 30.0 Å². The largest absolute Gasteiger partial charge is 0.478 e. The zero-order chi connectivity index (χ0) is 14.7. The Morgan fingerprint density at radius 2 is 1.95 bits per heavy atom. The number of likely N-dealkylation sites (tertiary alicyclic amines) is 1. The molecule has 2 amide bonds. The molecule has 0 atom stereocenters. The van der Waals surface area contributed by atoms with E-state index in [-0.39, 0.29) is 36.8 Å². The third-order valence-corrected chi connectivity index (χ3v) is 3.88. The van der Waals surface area contributed by atoms with E-state index in [4.69, 9.17) is 5.11 Å². The van der Waals surface area contributed by atoms with Gasteiger partial charge in [0.25, 0.3) is 0 Å². The molecule has 1 fully saturated rings. The van der Waals surface area contributed by atoms with Gasteiger partial charge in [-0.1, -0.05) is 0 Å². The zero-order valence-electron chi connectivity index (χ0n) is 10.5. The number of carbonyl (C=O) groups is 3. The normalized spacial score (nSPS) is 14.9. The van der Waals surface area contributed by atoms with Crippen LogP contribution in [0.2, 0.25) is 0 Å². The Labute approximate surface area is 118 Å². The van der Waals surface area contributed by atoms with Crippen LogP contribution in [0.3, 0.4) is 0 Å². The van der Waals surface area contributed by atoms with E-state index >= 15 is 0 Å². The molecule has 0 radical (unpaired) electrons. The second kappa shape index (κ2) is 6.04. The number of carboxylic acids is 1. The van der Waals surface area contributed by atoms with Crippen molar-refractivity contribution in [3.63, 3.8) is 0 Å². The average Bonchev–Trinajstić information content (AvgIpc) is 2.72. The number of carboxylic acid groups (broad SMARTS) is 1. The van der Waals surface area contributed by atoms with Crippen molar-refractivity contribution in [2.45, 2.75) is 17.7 Å². The van der Waals surface area contributed by atoms with Crippen LogP contribution >= 0.6 is 11.8 Å². The van der Waals surface area contributed by atoms with Crippen LogP contribution in [-0.4, -0.2) is 40.1 Å². The highest BCUT2D eigenvalue weighted by Gasteiger charge is 2.28. The molecule has 0 spiro atoms. The number of thioether (sulfide) groups is 1. The molecule has 1 saturated heterocycles. The first-order valence-corrected chi connectivity index (χ1v) is 6.96. The molecular weight excluding hydrogens is 285 g/mol. The summed E-state index contributed by atoms with van der Waals surface area (Å²) in [5.74, 6) is -2.02. The molecule has 0 unspecified atom stereocenters. The van der Waals surface area contributed by atoms with Crippen LogP contribution in [0, 0.1) is 5.82 Å². The summed E-state index contributed by atoms with van der Waals surface area (Å²) in [5.41, 5.74) is -0.386. The number of benzene rings is 1. The molecule has 2 rings (SSSR count). The maximum absolute atomic E-state index is 13.2. The summed E-state index contributed by atoms with van der Waals surface area (Å²) in [6.45, 7) is 0.280. The summed E-state index contributed by atoms with van der Waals surface area (Å²) in [7, 11) is 0. The van der Waals surface area contributed by atoms with E-state index in [2.05, 4.69) is 0 Å². The maximum Gasteiger partial charge on any atom is 0.338 e. The summed E-state index contributed by atoms with van der Waals surface area (Å²) in [6, 6.07) is 3.81. The van der Waals surface area contributed by atoms with Crippen LogP contribution in [0.25, 0.3) is 0 Å². The lowest BCUT2D eigenvalue weighted by molar-refractivity contribution is -0.137. The minimum atomic E-state index is -1.32. The van der Waals surface area contributed by atoms with E-state index < -0.39 is 11.8 Å².